The van der Waals surface area contributed by atoms with Crippen LogP contribution >= 0.6 is 0 Å². The molecule has 1 fully saturated rings. The highest BCUT2D eigenvalue weighted by molar-refractivity contribution is 6.75. The van der Waals surface area contributed by atoms with Crippen molar-refractivity contribution in [3.8, 4) is 17.6 Å². The molecule has 4 nitrogen and oxygen atoms in total. The maximum Gasteiger partial charge on any atom is 0.250 e. The monoisotopic (exact) mass is 447 g/mol. The maximum absolute atomic E-state index is 10.1. The highest BCUT2D eigenvalue weighted by atomic mass is 28.4. The van der Waals surface area contributed by atoms with Crippen molar-refractivity contribution in [2.24, 2.45) is 0 Å². The summed E-state index contributed by atoms with van der Waals surface area (Å²) in [6.45, 7) is 23.7. The standard InChI is InChI=1S/C24H41NO3Si2/c1-22(2,3)29(7,8)27-20-15-19(24(18-25)11-13-26-14-12-24)16-21(17-20)28-30(9,10)23(4,5)6/h15-17H,11-14H2,1-10H3. The van der Waals surface area contributed by atoms with Gasteiger partial charge in [0.05, 0.1) is 11.5 Å². The molecule has 2 rings (SSSR count). The van der Waals surface area contributed by atoms with Crippen LogP contribution < -0.4 is 8.85 Å². The van der Waals surface area contributed by atoms with Crippen molar-refractivity contribution in [1.82, 2.24) is 0 Å². The predicted octanol–water partition coefficient (Wildman–Crippen LogP) is 7.03. The van der Waals surface area contributed by atoms with E-state index in [9.17, 15) is 5.26 Å². The summed E-state index contributed by atoms with van der Waals surface area (Å²) in [5.41, 5.74) is 0.453. The molecule has 0 saturated carbocycles. The Kier molecular flexibility index (Phi) is 6.93. The fourth-order valence-electron chi connectivity index (χ4n) is 3.05. The van der Waals surface area contributed by atoms with Gasteiger partial charge in [-0.3, -0.25) is 0 Å². The zero-order chi connectivity index (χ0) is 23.0. The molecule has 1 aliphatic rings. The SMILES string of the molecule is CC(C)(C)[Si](C)(C)Oc1cc(O[Si](C)(C)C(C)(C)C)cc(C2(C#N)CCOCC2)c1. The van der Waals surface area contributed by atoms with Crippen LogP contribution in [0, 0.1) is 11.3 Å². The fourth-order valence-corrected chi connectivity index (χ4v) is 5.07. The van der Waals surface area contributed by atoms with Gasteiger partial charge in [0.2, 0.25) is 16.6 Å². The summed E-state index contributed by atoms with van der Waals surface area (Å²) in [4.78, 5) is 0. The van der Waals surface area contributed by atoms with Crippen LogP contribution in [-0.4, -0.2) is 29.8 Å². The van der Waals surface area contributed by atoms with E-state index in [2.05, 4.69) is 85.9 Å². The topological polar surface area (TPSA) is 51.5 Å². The van der Waals surface area contributed by atoms with E-state index in [1.165, 1.54) is 0 Å². The number of hydrogen-bond acceptors (Lipinski definition) is 4. The number of nitrogens with zero attached hydrogens (tertiary/aromatic N) is 1. The van der Waals surface area contributed by atoms with Crippen molar-refractivity contribution in [1.29, 1.82) is 5.26 Å². The average molecular weight is 448 g/mol. The Hall–Kier alpha value is -1.30. The Labute approximate surface area is 186 Å². The summed E-state index contributed by atoms with van der Waals surface area (Å²) in [5.74, 6) is 1.66. The van der Waals surface area contributed by atoms with Crippen molar-refractivity contribution >= 4 is 16.6 Å². The summed E-state index contributed by atoms with van der Waals surface area (Å²) in [6.07, 6.45) is 1.40. The maximum atomic E-state index is 10.1. The van der Waals surface area contributed by atoms with Gasteiger partial charge in [-0.05, 0) is 66.8 Å². The van der Waals surface area contributed by atoms with Gasteiger partial charge in [-0.15, -0.1) is 0 Å². The molecular weight excluding hydrogens is 406 g/mol. The van der Waals surface area contributed by atoms with Crippen LogP contribution in [0.2, 0.25) is 36.3 Å². The molecule has 0 unspecified atom stereocenters. The van der Waals surface area contributed by atoms with Crippen molar-refractivity contribution in [2.45, 2.75) is 96.1 Å². The Morgan fingerprint density at radius 1 is 0.833 bits per heavy atom. The van der Waals surface area contributed by atoms with Gasteiger partial charge in [-0.2, -0.15) is 5.26 Å². The molecule has 0 N–H and O–H groups in total. The third kappa shape index (κ3) is 5.30. The molecule has 6 heteroatoms. The average Bonchev–Trinajstić information content (AvgIpc) is 2.59. The minimum absolute atomic E-state index is 0.0923. The van der Waals surface area contributed by atoms with E-state index in [0.717, 1.165) is 17.1 Å². The first kappa shape index (κ1) is 25.0. The van der Waals surface area contributed by atoms with Gasteiger partial charge in [0.15, 0.2) is 0 Å². The molecule has 0 bridgehead atoms. The summed E-state index contributed by atoms with van der Waals surface area (Å²) in [5, 5.41) is 10.3. The molecule has 0 aromatic heterocycles. The third-order valence-electron chi connectivity index (χ3n) is 7.35. The minimum Gasteiger partial charge on any atom is -0.543 e. The van der Waals surface area contributed by atoms with Crippen molar-refractivity contribution < 1.29 is 13.6 Å². The second-order valence-corrected chi connectivity index (χ2v) is 21.2. The quantitative estimate of drug-likeness (QED) is 0.455. The lowest BCUT2D eigenvalue weighted by molar-refractivity contribution is 0.0674. The molecule has 0 amide bonds. The van der Waals surface area contributed by atoms with E-state index >= 15 is 0 Å². The van der Waals surface area contributed by atoms with Crippen LogP contribution in [0.15, 0.2) is 18.2 Å². The van der Waals surface area contributed by atoms with E-state index in [-0.39, 0.29) is 10.1 Å². The smallest absolute Gasteiger partial charge is 0.250 e. The highest BCUT2D eigenvalue weighted by Gasteiger charge is 2.42. The number of nitriles is 1. The van der Waals surface area contributed by atoms with E-state index in [0.29, 0.717) is 26.1 Å². The van der Waals surface area contributed by atoms with Crippen LogP contribution in [0.4, 0.5) is 0 Å². The summed E-state index contributed by atoms with van der Waals surface area (Å²) >= 11 is 0. The minimum atomic E-state index is -2.02. The van der Waals surface area contributed by atoms with Crippen molar-refractivity contribution in [2.75, 3.05) is 13.2 Å². The number of benzene rings is 1. The third-order valence-corrected chi connectivity index (χ3v) is 16.1. The Morgan fingerprint density at radius 3 is 1.57 bits per heavy atom. The van der Waals surface area contributed by atoms with Crippen LogP contribution in [0.5, 0.6) is 11.5 Å². The summed E-state index contributed by atoms with van der Waals surface area (Å²) in [6, 6.07) is 8.80. The molecule has 168 valence electrons. The second-order valence-electron chi connectivity index (χ2n) is 11.7. The van der Waals surface area contributed by atoms with Crippen molar-refractivity contribution in [3.05, 3.63) is 23.8 Å². The molecule has 0 atom stereocenters. The van der Waals surface area contributed by atoms with E-state index in [4.69, 9.17) is 13.6 Å². The van der Waals surface area contributed by atoms with Gasteiger partial charge >= 0.3 is 0 Å². The van der Waals surface area contributed by atoms with Gasteiger partial charge in [-0.1, -0.05) is 41.5 Å². The van der Waals surface area contributed by atoms with E-state index in [1.807, 2.05) is 6.07 Å². The molecule has 1 saturated heterocycles. The Morgan fingerprint density at radius 2 is 1.23 bits per heavy atom. The molecular formula is C24H41NO3Si2. The van der Waals surface area contributed by atoms with Crippen LogP contribution in [0.25, 0.3) is 0 Å². The Balaban J connectivity index is 2.56. The Bertz CT molecular complexity index is 746. The first-order valence-corrected chi connectivity index (χ1v) is 16.9. The molecule has 1 aromatic rings. The normalized spacial score (nSPS) is 17.9. The number of hydrogen-bond donors (Lipinski definition) is 0. The molecule has 1 heterocycles. The molecule has 1 aromatic carbocycles. The lowest BCUT2D eigenvalue weighted by Crippen LogP contribution is -2.44. The van der Waals surface area contributed by atoms with Crippen molar-refractivity contribution in [3.63, 3.8) is 0 Å². The predicted molar refractivity (Wildman–Crippen MR) is 129 cm³/mol. The van der Waals surface area contributed by atoms with Gasteiger partial charge in [0, 0.05) is 19.3 Å². The molecule has 0 radical (unpaired) electrons. The molecule has 0 spiro atoms. The zero-order valence-corrected chi connectivity index (χ0v) is 22.7. The lowest BCUT2D eigenvalue weighted by Gasteiger charge is -2.39. The molecule has 0 aliphatic carbocycles. The van der Waals surface area contributed by atoms with E-state index < -0.39 is 22.0 Å². The van der Waals surface area contributed by atoms with Crippen LogP contribution in [-0.2, 0) is 10.2 Å². The summed E-state index contributed by atoms with van der Waals surface area (Å²) in [7, 11) is -4.05. The number of ether oxygens (including phenoxy) is 1. The highest BCUT2D eigenvalue weighted by Crippen LogP contribution is 2.43. The molecule has 30 heavy (non-hydrogen) atoms. The van der Waals surface area contributed by atoms with Gasteiger partial charge in [0.25, 0.3) is 0 Å². The summed E-state index contributed by atoms with van der Waals surface area (Å²) < 4.78 is 18.9. The van der Waals surface area contributed by atoms with Gasteiger partial charge in [-0.25, -0.2) is 0 Å². The largest absolute Gasteiger partial charge is 0.543 e. The van der Waals surface area contributed by atoms with Gasteiger partial charge < -0.3 is 13.6 Å². The van der Waals surface area contributed by atoms with Crippen LogP contribution in [0.1, 0.15) is 59.9 Å². The first-order chi connectivity index (χ1) is 13.5. The van der Waals surface area contributed by atoms with Gasteiger partial charge in [0.1, 0.15) is 11.5 Å². The van der Waals surface area contributed by atoms with E-state index in [1.54, 1.807) is 0 Å². The first-order valence-electron chi connectivity index (χ1n) is 11.1. The van der Waals surface area contributed by atoms with Crippen LogP contribution in [0.3, 0.4) is 0 Å². The fraction of sp³-hybridized carbons (Fsp3) is 0.708. The second kappa shape index (κ2) is 8.33. The number of rotatable bonds is 5. The zero-order valence-electron chi connectivity index (χ0n) is 20.7. The molecule has 1 aliphatic heterocycles. The lowest BCUT2D eigenvalue weighted by atomic mass is 9.75.